The van der Waals surface area contributed by atoms with E-state index in [1.165, 1.54) is 6.42 Å². The third-order valence-corrected chi connectivity index (χ3v) is 6.96. The minimum Gasteiger partial charge on any atom is -0.392 e. The number of nitrogens with zero attached hydrogens (tertiary/aromatic N) is 1. The molecule has 2 amide bonds. The van der Waals surface area contributed by atoms with Gasteiger partial charge in [0.2, 0.25) is 5.91 Å². The molecule has 2 aromatic rings. The molecule has 1 fully saturated rings. The zero-order chi connectivity index (χ0) is 23.2. The average molecular weight is 451 g/mol. The number of hydrogen-bond donors (Lipinski definition) is 2. The number of aliphatic hydroxyl groups excluding tert-OH is 1. The monoisotopic (exact) mass is 450 g/mol. The van der Waals surface area contributed by atoms with E-state index < -0.39 is 5.92 Å². The largest absolute Gasteiger partial charge is 0.392 e. The number of hydrogen-bond acceptors (Lipinski definition) is 4. The lowest BCUT2D eigenvalue weighted by Gasteiger charge is -2.46. The van der Waals surface area contributed by atoms with E-state index in [2.05, 4.69) is 5.32 Å². The minimum absolute atomic E-state index is 0.0113. The van der Waals surface area contributed by atoms with Gasteiger partial charge in [0.25, 0.3) is 5.91 Å². The van der Waals surface area contributed by atoms with Gasteiger partial charge in [0.1, 0.15) is 0 Å². The van der Waals surface area contributed by atoms with Crippen molar-refractivity contribution < 1.29 is 19.4 Å². The third-order valence-electron chi connectivity index (χ3n) is 6.96. The molecule has 2 aliphatic rings. The molecule has 2 aromatic carbocycles. The lowest BCUT2D eigenvalue weighted by molar-refractivity contribution is -0.124. The first-order chi connectivity index (χ1) is 16.2. The Labute approximate surface area is 195 Å². The van der Waals surface area contributed by atoms with Gasteiger partial charge in [0.15, 0.2) is 0 Å². The predicted molar refractivity (Wildman–Crippen MR) is 127 cm³/mol. The van der Waals surface area contributed by atoms with E-state index in [4.69, 9.17) is 4.74 Å². The molecule has 33 heavy (non-hydrogen) atoms. The first-order valence-electron chi connectivity index (χ1n) is 12.0. The molecule has 1 aliphatic heterocycles. The Balaban J connectivity index is 1.78. The molecule has 0 radical (unpaired) electrons. The highest BCUT2D eigenvalue weighted by molar-refractivity contribution is 6.01. The van der Waals surface area contributed by atoms with Crippen LogP contribution < -0.4 is 5.32 Å². The quantitative estimate of drug-likeness (QED) is 0.597. The van der Waals surface area contributed by atoms with Gasteiger partial charge in [-0.15, -0.1) is 0 Å². The highest BCUT2D eigenvalue weighted by Gasteiger charge is 2.46. The number of benzene rings is 2. The number of amides is 2. The number of ether oxygens (including phenoxy) is 1. The van der Waals surface area contributed by atoms with Gasteiger partial charge >= 0.3 is 0 Å². The topological polar surface area (TPSA) is 78.9 Å². The molecular formula is C27H34N2O4. The normalized spacial score (nSPS) is 21.0. The predicted octanol–water partition coefficient (Wildman–Crippen LogP) is 3.95. The Morgan fingerprint density at radius 3 is 2.52 bits per heavy atom. The Kier molecular flexibility index (Phi) is 7.78. The van der Waals surface area contributed by atoms with Crippen LogP contribution in [0.5, 0.6) is 0 Å². The van der Waals surface area contributed by atoms with Crippen LogP contribution in [0.2, 0.25) is 0 Å². The van der Waals surface area contributed by atoms with Crippen molar-refractivity contribution in [1.82, 2.24) is 10.2 Å². The maximum atomic E-state index is 13.8. The van der Waals surface area contributed by atoms with Crippen molar-refractivity contribution in [3.63, 3.8) is 0 Å². The van der Waals surface area contributed by atoms with E-state index in [-0.39, 0.29) is 30.5 Å². The van der Waals surface area contributed by atoms with Crippen molar-refractivity contribution in [1.29, 1.82) is 0 Å². The summed E-state index contributed by atoms with van der Waals surface area (Å²) in [5.41, 5.74) is 3.15. The Hall–Kier alpha value is -2.70. The molecule has 1 heterocycles. The lowest BCUT2D eigenvalue weighted by Crippen LogP contribution is -2.52. The minimum atomic E-state index is -0.497. The van der Waals surface area contributed by atoms with E-state index >= 15 is 0 Å². The second-order valence-electron chi connectivity index (χ2n) is 9.05. The van der Waals surface area contributed by atoms with Gasteiger partial charge < -0.3 is 20.1 Å². The average Bonchev–Trinajstić information content (AvgIpc) is 2.87. The highest BCUT2D eigenvalue weighted by atomic mass is 16.5. The van der Waals surface area contributed by atoms with Crippen molar-refractivity contribution >= 4 is 11.8 Å². The number of carbonyl (C=O) groups excluding carboxylic acids is 2. The molecule has 176 valence electrons. The van der Waals surface area contributed by atoms with Crippen LogP contribution in [0.25, 0.3) is 0 Å². The Morgan fingerprint density at radius 1 is 1.09 bits per heavy atom. The Bertz CT molecular complexity index is 953. The second-order valence-corrected chi connectivity index (χ2v) is 9.05. The summed E-state index contributed by atoms with van der Waals surface area (Å²) in [6.45, 7) is 1.07. The molecule has 2 N–H and O–H groups in total. The lowest BCUT2D eigenvalue weighted by atomic mass is 9.77. The summed E-state index contributed by atoms with van der Waals surface area (Å²) in [5, 5.41) is 12.6. The molecule has 1 aliphatic carbocycles. The van der Waals surface area contributed by atoms with Crippen LogP contribution in [0.1, 0.15) is 77.5 Å². The van der Waals surface area contributed by atoms with E-state index in [1.807, 2.05) is 53.4 Å². The molecule has 0 unspecified atom stereocenters. The summed E-state index contributed by atoms with van der Waals surface area (Å²) in [5.74, 6) is -0.552. The zero-order valence-electron chi connectivity index (χ0n) is 19.3. The maximum Gasteiger partial charge on any atom is 0.254 e. The molecule has 2 atom stereocenters. The van der Waals surface area contributed by atoms with Gasteiger partial charge in [-0.3, -0.25) is 9.59 Å². The fourth-order valence-corrected chi connectivity index (χ4v) is 5.31. The van der Waals surface area contributed by atoms with Gasteiger partial charge in [-0.1, -0.05) is 61.7 Å². The number of carbonyl (C=O) groups is 2. The van der Waals surface area contributed by atoms with Crippen LogP contribution in [0, 0.1) is 0 Å². The van der Waals surface area contributed by atoms with E-state index in [1.54, 1.807) is 7.11 Å². The fraction of sp³-hybridized carbons (Fsp3) is 0.481. The molecule has 4 rings (SSSR count). The van der Waals surface area contributed by atoms with Gasteiger partial charge in [-0.05, 0) is 42.0 Å². The first kappa shape index (κ1) is 23.5. The van der Waals surface area contributed by atoms with Crippen molar-refractivity contribution in [3.05, 3.63) is 70.8 Å². The van der Waals surface area contributed by atoms with E-state index in [0.29, 0.717) is 18.7 Å². The van der Waals surface area contributed by atoms with Gasteiger partial charge in [0, 0.05) is 31.9 Å². The van der Waals surface area contributed by atoms with Crippen molar-refractivity contribution in [3.8, 4) is 0 Å². The summed E-state index contributed by atoms with van der Waals surface area (Å²) >= 11 is 0. The van der Waals surface area contributed by atoms with Crippen LogP contribution >= 0.6 is 0 Å². The van der Waals surface area contributed by atoms with Crippen LogP contribution in [0.3, 0.4) is 0 Å². The summed E-state index contributed by atoms with van der Waals surface area (Å²) < 4.78 is 5.12. The molecule has 6 heteroatoms. The van der Waals surface area contributed by atoms with Gasteiger partial charge in [0.05, 0.1) is 18.6 Å². The number of methoxy groups -OCH3 is 1. The van der Waals surface area contributed by atoms with Gasteiger partial charge in [-0.2, -0.15) is 0 Å². The standard InChI is InChI=1S/C27H34N2O4/c1-33-17-7-16-28-26(31)24-22-10-5-6-11-23(22)27(32)29(21-8-3-2-4-9-21)25(24)20-14-12-19(18-30)13-15-20/h5-6,10-15,21,24-25,30H,2-4,7-9,16-18H2,1H3,(H,28,31)/t24-,25+/m1/s1. The Morgan fingerprint density at radius 2 is 1.82 bits per heavy atom. The molecule has 0 aromatic heterocycles. The molecule has 0 bridgehead atoms. The smallest absolute Gasteiger partial charge is 0.254 e. The zero-order valence-corrected chi connectivity index (χ0v) is 19.3. The fourth-order valence-electron chi connectivity index (χ4n) is 5.31. The van der Waals surface area contributed by atoms with Crippen LogP contribution in [-0.4, -0.2) is 48.1 Å². The molecule has 1 saturated carbocycles. The van der Waals surface area contributed by atoms with Crippen molar-refractivity contribution in [2.45, 2.75) is 63.1 Å². The number of aliphatic hydroxyl groups is 1. The number of nitrogens with one attached hydrogen (secondary N) is 1. The third kappa shape index (κ3) is 4.97. The van der Waals surface area contributed by atoms with Gasteiger partial charge in [-0.25, -0.2) is 0 Å². The van der Waals surface area contributed by atoms with Crippen molar-refractivity contribution in [2.24, 2.45) is 0 Å². The molecule has 0 spiro atoms. The summed E-state index contributed by atoms with van der Waals surface area (Å²) in [7, 11) is 1.65. The van der Waals surface area contributed by atoms with Crippen molar-refractivity contribution in [2.75, 3.05) is 20.3 Å². The first-order valence-corrected chi connectivity index (χ1v) is 12.0. The SMILES string of the molecule is COCCCNC(=O)[C@@H]1c2ccccc2C(=O)N(C2CCCCC2)[C@H]1c1ccc(CO)cc1. The highest BCUT2D eigenvalue weighted by Crippen LogP contribution is 2.45. The van der Waals surface area contributed by atoms with Crippen LogP contribution in [-0.2, 0) is 16.1 Å². The summed E-state index contributed by atoms with van der Waals surface area (Å²) in [6, 6.07) is 15.0. The second kappa shape index (κ2) is 10.9. The number of rotatable bonds is 8. The van der Waals surface area contributed by atoms with Crippen LogP contribution in [0.4, 0.5) is 0 Å². The summed E-state index contributed by atoms with van der Waals surface area (Å²) in [6.07, 6.45) is 6.04. The molecule has 0 saturated heterocycles. The maximum absolute atomic E-state index is 13.8. The molecular weight excluding hydrogens is 416 g/mol. The van der Waals surface area contributed by atoms with Crippen LogP contribution in [0.15, 0.2) is 48.5 Å². The number of fused-ring (bicyclic) bond motifs is 1. The summed E-state index contributed by atoms with van der Waals surface area (Å²) in [4.78, 5) is 29.5. The van der Waals surface area contributed by atoms with E-state index in [0.717, 1.165) is 48.8 Å². The van der Waals surface area contributed by atoms with E-state index in [9.17, 15) is 14.7 Å². The molecule has 6 nitrogen and oxygen atoms in total.